The highest BCUT2D eigenvalue weighted by molar-refractivity contribution is 6.32. The summed E-state index contributed by atoms with van der Waals surface area (Å²) in [7, 11) is 1.90. The largest absolute Gasteiger partial charge is 0.332 e. The van der Waals surface area contributed by atoms with E-state index in [0.717, 1.165) is 31.6 Å². The Labute approximate surface area is 140 Å². The number of carbonyl (C=O) groups excluding carboxylic acids is 1. The third kappa shape index (κ3) is 3.09. The number of nitrogens with one attached hydrogen (secondary N) is 1. The summed E-state index contributed by atoms with van der Waals surface area (Å²) in [6.45, 7) is 3.36. The molecule has 1 unspecified atom stereocenters. The van der Waals surface area contributed by atoms with Crippen molar-refractivity contribution in [3.8, 4) is 5.69 Å². The van der Waals surface area contributed by atoms with Gasteiger partial charge in [0.2, 0.25) is 5.82 Å². The summed E-state index contributed by atoms with van der Waals surface area (Å²) < 4.78 is 1.62. The number of para-hydroxylation sites is 1. The van der Waals surface area contributed by atoms with Gasteiger partial charge in [-0.3, -0.25) is 4.79 Å². The number of benzene rings is 1. The lowest BCUT2D eigenvalue weighted by atomic mass is 10.2. The molecule has 0 aliphatic carbocycles. The maximum absolute atomic E-state index is 12.7. The summed E-state index contributed by atoms with van der Waals surface area (Å²) in [5.74, 6) is 0.757. The van der Waals surface area contributed by atoms with E-state index in [9.17, 15) is 4.79 Å². The lowest BCUT2D eigenvalue weighted by molar-refractivity contribution is 0.0724. The van der Waals surface area contributed by atoms with Gasteiger partial charge in [0, 0.05) is 19.1 Å². The van der Waals surface area contributed by atoms with Gasteiger partial charge in [0.1, 0.15) is 5.82 Å². The Morgan fingerprint density at radius 1 is 1.43 bits per heavy atom. The Balaban J connectivity index is 1.89. The maximum Gasteiger partial charge on any atom is 0.293 e. The maximum atomic E-state index is 12.7. The number of likely N-dealkylation sites (tertiary alicyclic amines) is 1. The molecule has 23 heavy (non-hydrogen) atoms. The predicted octanol–water partition coefficient (Wildman–Crippen LogP) is 2.05. The molecule has 1 saturated heterocycles. The average molecular weight is 334 g/mol. The number of rotatable bonds is 4. The van der Waals surface area contributed by atoms with Gasteiger partial charge < -0.3 is 10.2 Å². The van der Waals surface area contributed by atoms with Crippen LogP contribution in [0.25, 0.3) is 5.69 Å². The normalized spacial score (nSPS) is 17.7. The molecule has 1 aliphatic heterocycles. The minimum atomic E-state index is -0.114. The molecule has 0 bridgehead atoms. The molecule has 2 aromatic rings. The standard InChI is InChI=1S/C16H20ClN5O/c1-11-19-15(16(23)21-9-5-6-12(21)10-18-2)20-22(11)14-8-4-3-7-13(14)17/h3-4,7-8,12,18H,5-6,9-10H2,1-2H3. The lowest BCUT2D eigenvalue weighted by Crippen LogP contribution is -2.41. The van der Waals surface area contributed by atoms with Crippen LogP contribution in [0.3, 0.4) is 0 Å². The Morgan fingerprint density at radius 2 is 2.22 bits per heavy atom. The molecule has 1 aromatic carbocycles. The van der Waals surface area contributed by atoms with E-state index in [1.54, 1.807) is 10.7 Å². The fourth-order valence-electron chi connectivity index (χ4n) is 3.01. The second kappa shape index (κ2) is 6.68. The zero-order chi connectivity index (χ0) is 16.4. The fraction of sp³-hybridized carbons (Fsp3) is 0.438. The molecule has 0 spiro atoms. The van der Waals surface area contributed by atoms with Crippen molar-refractivity contribution in [2.75, 3.05) is 20.1 Å². The lowest BCUT2D eigenvalue weighted by Gasteiger charge is -2.23. The summed E-state index contributed by atoms with van der Waals surface area (Å²) in [5, 5.41) is 8.11. The molecular formula is C16H20ClN5O. The zero-order valence-corrected chi connectivity index (χ0v) is 14.0. The molecule has 122 valence electrons. The van der Waals surface area contributed by atoms with Gasteiger partial charge in [-0.15, -0.1) is 5.10 Å². The van der Waals surface area contributed by atoms with Crippen LogP contribution in [0.2, 0.25) is 5.02 Å². The summed E-state index contributed by atoms with van der Waals surface area (Å²) >= 11 is 6.22. The van der Waals surface area contributed by atoms with Crippen LogP contribution >= 0.6 is 11.6 Å². The highest BCUT2D eigenvalue weighted by atomic mass is 35.5. The van der Waals surface area contributed by atoms with Crippen LogP contribution in [0.5, 0.6) is 0 Å². The number of likely N-dealkylation sites (N-methyl/N-ethyl adjacent to an activating group) is 1. The van der Waals surface area contributed by atoms with E-state index in [1.165, 1.54) is 0 Å². The van der Waals surface area contributed by atoms with Crippen LogP contribution in [-0.4, -0.2) is 51.8 Å². The van der Waals surface area contributed by atoms with Crippen molar-refractivity contribution >= 4 is 17.5 Å². The molecule has 7 heteroatoms. The van der Waals surface area contributed by atoms with Crippen LogP contribution in [0, 0.1) is 6.92 Å². The van der Waals surface area contributed by atoms with Crippen molar-refractivity contribution in [1.82, 2.24) is 25.0 Å². The molecule has 1 aromatic heterocycles. The Kier molecular flexibility index (Phi) is 4.63. The van der Waals surface area contributed by atoms with E-state index in [-0.39, 0.29) is 17.8 Å². The van der Waals surface area contributed by atoms with Crippen molar-refractivity contribution in [3.63, 3.8) is 0 Å². The molecule has 0 saturated carbocycles. The van der Waals surface area contributed by atoms with Crippen LogP contribution < -0.4 is 5.32 Å². The highest BCUT2D eigenvalue weighted by Crippen LogP contribution is 2.22. The molecule has 3 rings (SSSR count). The molecule has 1 amide bonds. The van der Waals surface area contributed by atoms with E-state index in [0.29, 0.717) is 10.8 Å². The first-order valence-electron chi connectivity index (χ1n) is 7.76. The summed E-state index contributed by atoms with van der Waals surface area (Å²) in [5.41, 5.74) is 0.728. The number of carbonyl (C=O) groups is 1. The first-order chi connectivity index (χ1) is 11.1. The fourth-order valence-corrected chi connectivity index (χ4v) is 3.23. The molecule has 6 nitrogen and oxygen atoms in total. The van der Waals surface area contributed by atoms with Crippen molar-refractivity contribution in [2.24, 2.45) is 0 Å². The molecule has 1 N–H and O–H groups in total. The second-order valence-corrected chi connectivity index (χ2v) is 6.11. The van der Waals surface area contributed by atoms with E-state index in [1.807, 2.05) is 37.1 Å². The Hall–Kier alpha value is -1.92. The summed E-state index contributed by atoms with van der Waals surface area (Å²) in [4.78, 5) is 19.0. The Bertz CT molecular complexity index is 714. The number of nitrogens with zero attached hydrogens (tertiary/aromatic N) is 4. The molecule has 1 atom stereocenters. The van der Waals surface area contributed by atoms with Crippen LogP contribution in [0.1, 0.15) is 29.3 Å². The second-order valence-electron chi connectivity index (χ2n) is 5.70. The predicted molar refractivity (Wildman–Crippen MR) is 89.1 cm³/mol. The van der Waals surface area contributed by atoms with Crippen LogP contribution in [0.4, 0.5) is 0 Å². The van der Waals surface area contributed by atoms with E-state index < -0.39 is 0 Å². The molecular weight excluding hydrogens is 314 g/mol. The number of aromatic nitrogens is 3. The molecule has 2 heterocycles. The number of halogens is 1. The summed E-state index contributed by atoms with van der Waals surface area (Å²) in [6.07, 6.45) is 2.03. The van der Waals surface area contributed by atoms with Gasteiger partial charge in [0.25, 0.3) is 5.91 Å². The smallest absolute Gasteiger partial charge is 0.293 e. The van der Waals surface area contributed by atoms with Crippen molar-refractivity contribution in [3.05, 3.63) is 40.9 Å². The van der Waals surface area contributed by atoms with E-state index >= 15 is 0 Å². The summed E-state index contributed by atoms with van der Waals surface area (Å²) in [6, 6.07) is 7.60. The van der Waals surface area contributed by atoms with Gasteiger partial charge in [0.15, 0.2) is 0 Å². The number of aryl methyl sites for hydroxylation is 1. The van der Waals surface area contributed by atoms with Crippen LogP contribution in [0.15, 0.2) is 24.3 Å². The third-order valence-electron chi connectivity index (χ3n) is 4.12. The Morgan fingerprint density at radius 3 is 2.96 bits per heavy atom. The van der Waals surface area contributed by atoms with Crippen molar-refractivity contribution in [1.29, 1.82) is 0 Å². The molecule has 0 radical (unpaired) electrons. The average Bonchev–Trinajstić information content (AvgIpc) is 3.14. The zero-order valence-electron chi connectivity index (χ0n) is 13.3. The van der Waals surface area contributed by atoms with Crippen LogP contribution in [-0.2, 0) is 0 Å². The highest BCUT2D eigenvalue weighted by Gasteiger charge is 2.31. The number of amides is 1. The quantitative estimate of drug-likeness (QED) is 0.930. The third-order valence-corrected chi connectivity index (χ3v) is 4.44. The minimum Gasteiger partial charge on any atom is -0.332 e. The first-order valence-corrected chi connectivity index (χ1v) is 8.13. The molecule has 1 fully saturated rings. The van der Waals surface area contributed by atoms with Gasteiger partial charge in [-0.25, -0.2) is 9.67 Å². The number of hydrogen-bond acceptors (Lipinski definition) is 4. The van der Waals surface area contributed by atoms with Gasteiger partial charge in [-0.05, 0) is 38.9 Å². The number of hydrogen-bond donors (Lipinski definition) is 1. The monoisotopic (exact) mass is 333 g/mol. The van der Waals surface area contributed by atoms with Crippen molar-refractivity contribution < 1.29 is 4.79 Å². The van der Waals surface area contributed by atoms with Gasteiger partial charge in [-0.2, -0.15) is 0 Å². The van der Waals surface area contributed by atoms with Gasteiger partial charge in [-0.1, -0.05) is 23.7 Å². The molecule has 1 aliphatic rings. The van der Waals surface area contributed by atoms with E-state index in [4.69, 9.17) is 11.6 Å². The van der Waals surface area contributed by atoms with Gasteiger partial charge >= 0.3 is 0 Å². The minimum absolute atomic E-state index is 0.114. The van der Waals surface area contributed by atoms with Crippen molar-refractivity contribution in [2.45, 2.75) is 25.8 Å². The SMILES string of the molecule is CNCC1CCCN1C(=O)c1nc(C)n(-c2ccccc2Cl)n1. The van der Waals surface area contributed by atoms with Gasteiger partial charge in [0.05, 0.1) is 10.7 Å². The van der Waals surface area contributed by atoms with E-state index in [2.05, 4.69) is 15.4 Å². The topological polar surface area (TPSA) is 63.1 Å². The first kappa shape index (κ1) is 16.0.